The zero-order valence-electron chi connectivity index (χ0n) is 7.80. The lowest BCUT2D eigenvalue weighted by Gasteiger charge is -2.03. The molecule has 4 heteroatoms. The van der Waals surface area contributed by atoms with Crippen molar-refractivity contribution in [2.24, 2.45) is 0 Å². The molecule has 78 valence electrons. The number of esters is 1. The van der Waals surface area contributed by atoms with Gasteiger partial charge in [-0.1, -0.05) is 0 Å². The molecule has 0 N–H and O–H groups in total. The standard InChI is InChI=1S/C11H8F2O2/c1-2-3-6-15-11(14)9-5-4-8(12)7-10(9)13/h1,4-5,7H,3,6H2. The van der Waals surface area contributed by atoms with E-state index >= 15 is 0 Å². The molecule has 0 aromatic heterocycles. The summed E-state index contributed by atoms with van der Waals surface area (Å²) in [7, 11) is 0. The first-order valence-corrected chi connectivity index (χ1v) is 4.21. The van der Waals surface area contributed by atoms with Crippen molar-refractivity contribution in [3.05, 3.63) is 35.4 Å². The van der Waals surface area contributed by atoms with Crippen molar-refractivity contribution < 1.29 is 18.3 Å². The quantitative estimate of drug-likeness (QED) is 0.434. The minimum Gasteiger partial charge on any atom is -0.461 e. The van der Waals surface area contributed by atoms with Gasteiger partial charge in [-0.2, -0.15) is 0 Å². The molecule has 1 aromatic carbocycles. The summed E-state index contributed by atoms with van der Waals surface area (Å²) in [6.45, 7) is 0.0200. The number of carbonyl (C=O) groups is 1. The van der Waals surface area contributed by atoms with Gasteiger partial charge in [0.25, 0.3) is 0 Å². The molecule has 0 heterocycles. The Labute approximate surface area is 85.9 Å². The van der Waals surface area contributed by atoms with E-state index in [9.17, 15) is 13.6 Å². The van der Waals surface area contributed by atoms with Gasteiger partial charge in [0.05, 0.1) is 5.56 Å². The Morgan fingerprint density at radius 3 is 2.80 bits per heavy atom. The molecule has 0 saturated heterocycles. The van der Waals surface area contributed by atoms with Crippen LogP contribution in [0.25, 0.3) is 0 Å². The van der Waals surface area contributed by atoms with Crippen molar-refractivity contribution in [3.63, 3.8) is 0 Å². The second kappa shape index (κ2) is 5.11. The van der Waals surface area contributed by atoms with E-state index in [4.69, 9.17) is 6.42 Å². The Balaban J connectivity index is 2.70. The predicted octanol–water partition coefficient (Wildman–Crippen LogP) is 2.14. The lowest BCUT2D eigenvalue weighted by atomic mass is 10.2. The summed E-state index contributed by atoms with van der Waals surface area (Å²) in [4.78, 5) is 11.2. The van der Waals surface area contributed by atoms with E-state index in [-0.39, 0.29) is 18.6 Å². The normalized spacial score (nSPS) is 9.40. The first-order chi connectivity index (χ1) is 7.15. The smallest absolute Gasteiger partial charge is 0.341 e. The van der Waals surface area contributed by atoms with Gasteiger partial charge in [0.1, 0.15) is 18.2 Å². The number of hydrogen-bond donors (Lipinski definition) is 0. The van der Waals surface area contributed by atoms with Gasteiger partial charge in [0.15, 0.2) is 0 Å². The summed E-state index contributed by atoms with van der Waals surface area (Å²) in [6, 6.07) is 2.64. The SMILES string of the molecule is C#CCCOC(=O)c1ccc(F)cc1F. The molecule has 0 unspecified atom stereocenters. The van der Waals surface area contributed by atoms with Gasteiger partial charge >= 0.3 is 5.97 Å². The molecule has 0 spiro atoms. The van der Waals surface area contributed by atoms with Crippen LogP contribution in [0.2, 0.25) is 0 Å². The minimum absolute atomic E-state index is 0.0200. The largest absolute Gasteiger partial charge is 0.461 e. The predicted molar refractivity (Wildman–Crippen MR) is 50.1 cm³/mol. The van der Waals surface area contributed by atoms with Crippen LogP contribution in [0.1, 0.15) is 16.8 Å². The maximum atomic E-state index is 13.0. The van der Waals surface area contributed by atoms with Gasteiger partial charge in [0, 0.05) is 12.5 Å². The molecule has 0 radical (unpaired) electrons. The maximum absolute atomic E-state index is 13.0. The zero-order chi connectivity index (χ0) is 11.3. The molecule has 0 bridgehead atoms. The molecule has 0 amide bonds. The highest BCUT2D eigenvalue weighted by Gasteiger charge is 2.13. The van der Waals surface area contributed by atoms with E-state index in [1.165, 1.54) is 0 Å². The third kappa shape index (κ3) is 3.06. The van der Waals surface area contributed by atoms with Crippen LogP contribution in [0.5, 0.6) is 0 Å². The number of rotatable bonds is 3. The topological polar surface area (TPSA) is 26.3 Å². The summed E-state index contributed by atoms with van der Waals surface area (Å²) in [5, 5.41) is 0. The van der Waals surface area contributed by atoms with Crippen LogP contribution in [-0.2, 0) is 4.74 Å². The molecule has 1 rings (SSSR count). The van der Waals surface area contributed by atoms with Crippen molar-refractivity contribution in [2.75, 3.05) is 6.61 Å². The van der Waals surface area contributed by atoms with Crippen molar-refractivity contribution in [1.29, 1.82) is 0 Å². The Morgan fingerprint density at radius 1 is 1.47 bits per heavy atom. The van der Waals surface area contributed by atoms with Gasteiger partial charge in [-0.15, -0.1) is 12.3 Å². The van der Waals surface area contributed by atoms with Gasteiger partial charge in [-0.3, -0.25) is 0 Å². The summed E-state index contributed by atoms with van der Waals surface area (Å²) in [5.41, 5.74) is -0.298. The number of hydrogen-bond acceptors (Lipinski definition) is 2. The molecular weight excluding hydrogens is 202 g/mol. The van der Waals surface area contributed by atoms with E-state index in [0.717, 1.165) is 12.1 Å². The average molecular weight is 210 g/mol. The Hall–Kier alpha value is -1.89. The second-order valence-electron chi connectivity index (χ2n) is 2.71. The minimum atomic E-state index is -0.944. The highest BCUT2D eigenvalue weighted by molar-refractivity contribution is 5.89. The number of benzene rings is 1. The van der Waals surface area contributed by atoms with Crippen LogP contribution >= 0.6 is 0 Å². The molecule has 0 atom stereocenters. The summed E-state index contributed by atoms with van der Waals surface area (Å²) in [6.07, 6.45) is 5.20. The summed E-state index contributed by atoms with van der Waals surface area (Å²) >= 11 is 0. The Bertz CT molecular complexity index is 408. The number of terminal acetylenes is 1. The van der Waals surface area contributed by atoms with E-state index in [1.807, 2.05) is 0 Å². The van der Waals surface area contributed by atoms with Crippen molar-refractivity contribution in [2.45, 2.75) is 6.42 Å². The zero-order valence-corrected chi connectivity index (χ0v) is 7.80. The van der Waals surface area contributed by atoms with E-state index in [0.29, 0.717) is 6.07 Å². The third-order valence-electron chi connectivity index (χ3n) is 1.63. The van der Waals surface area contributed by atoms with Crippen molar-refractivity contribution in [3.8, 4) is 12.3 Å². The second-order valence-corrected chi connectivity index (χ2v) is 2.71. The Morgan fingerprint density at radius 2 is 2.20 bits per heavy atom. The van der Waals surface area contributed by atoms with Crippen LogP contribution in [0, 0.1) is 24.0 Å². The molecule has 0 saturated carbocycles. The molecule has 15 heavy (non-hydrogen) atoms. The monoisotopic (exact) mass is 210 g/mol. The molecule has 2 nitrogen and oxygen atoms in total. The highest BCUT2D eigenvalue weighted by Crippen LogP contribution is 2.10. The lowest BCUT2D eigenvalue weighted by Crippen LogP contribution is -2.08. The van der Waals surface area contributed by atoms with Gasteiger partial charge in [-0.05, 0) is 12.1 Å². The summed E-state index contributed by atoms with van der Waals surface area (Å²) in [5.74, 6) is -0.264. The third-order valence-corrected chi connectivity index (χ3v) is 1.63. The number of halogens is 2. The fraction of sp³-hybridized carbons (Fsp3) is 0.182. The Kier molecular flexibility index (Phi) is 3.81. The van der Waals surface area contributed by atoms with E-state index < -0.39 is 17.6 Å². The molecular formula is C11H8F2O2. The molecule has 0 fully saturated rings. The van der Waals surface area contributed by atoms with Gasteiger partial charge in [0.2, 0.25) is 0 Å². The van der Waals surface area contributed by atoms with E-state index in [1.54, 1.807) is 0 Å². The van der Waals surface area contributed by atoms with Crippen molar-refractivity contribution >= 4 is 5.97 Å². The first-order valence-electron chi connectivity index (χ1n) is 4.21. The van der Waals surface area contributed by atoms with Crippen LogP contribution in [-0.4, -0.2) is 12.6 Å². The first kappa shape index (κ1) is 11.2. The molecule has 1 aromatic rings. The fourth-order valence-electron chi connectivity index (χ4n) is 0.935. The van der Waals surface area contributed by atoms with Crippen LogP contribution in [0.3, 0.4) is 0 Å². The van der Waals surface area contributed by atoms with Crippen molar-refractivity contribution in [1.82, 2.24) is 0 Å². The van der Waals surface area contributed by atoms with Crippen LogP contribution in [0.15, 0.2) is 18.2 Å². The van der Waals surface area contributed by atoms with Crippen LogP contribution in [0.4, 0.5) is 8.78 Å². The summed E-state index contributed by atoms with van der Waals surface area (Å²) < 4.78 is 30.2. The highest BCUT2D eigenvalue weighted by atomic mass is 19.1. The van der Waals surface area contributed by atoms with E-state index in [2.05, 4.69) is 10.7 Å². The lowest BCUT2D eigenvalue weighted by molar-refractivity contribution is 0.0508. The van der Waals surface area contributed by atoms with Gasteiger partial charge < -0.3 is 4.74 Å². The molecule has 0 aliphatic heterocycles. The maximum Gasteiger partial charge on any atom is 0.341 e. The van der Waals surface area contributed by atoms with Crippen LogP contribution < -0.4 is 0 Å². The molecule has 0 aliphatic rings. The number of ether oxygens (including phenoxy) is 1. The number of carbonyl (C=O) groups excluding carboxylic acids is 1. The van der Waals surface area contributed by atoms with Gasteiger partial charge in [-0.25, -0.2) is 13.6 Å². The average Bonchev–Trinajstić information content (AvgIpc) is 2.17. The fourth-order valence-corrected chi connectivity index (χ4v) is 0.935. The molecule has 0 aliphatic carbocycles.